The van der Waals surface area contributed by atoms with Crippen molar-refractivity contribution in [1.29, 1.82) is 0 Å². The van der Waals surface area contributed by atoms with Crippen LogP contribution < -0.4 is 10.1 Å². The van der Waals surface area contributed by atoms with E-state index < -0.39 is 11.9 Å². The van der Waals surface area contributed by atoms with Gasteiger partial charge in [0.15, 0.2) is 5.65 Å². The Morgan fingerprint density at radius 2 is 1.90 bits per heavy atom. The highest BCUT2D eigenvalue weighted by Crippen LogP contribution is 2.28. The summed E-state index contributed by atoms with van der Waals surface area (Å²) < 4.78 is 7.51. The summed E-state index contributed by atoms with van der Waals surface area (Å²) in [5.41, 5.74) is 2.00. The summed E-state index contributed by atoms with van der Waals surface area (Å²) in [6, 6.07) is 6.25. The van der Waals surface area contributed by atoms with Crippen molar-refractivity contribution in [3.8, 4) is 5.75 Å². The van der Waals surface area contributed by atoms with Gasteiger partial charge in [-0.3, -0.25) is 4.79 Å². The number of fused-ring (bicyclic) bond motifs is 1. The Hall–Kier alpha value is -3.42. The van der Waals surface area contributed by atoms with Crippen molar-refractivity contribution in [2.75, 3.05) is 5.32 Å². The molecule has 3 rings (SSSR count). The predicted octanol–water partition coefficient (Wildman–Crippen LogP) is 4.06. The van der Waals surface area contributed by atoms with E-state index in [0.717, 1.165) is 5.39 Å². The number of hydrogen-bond acceptors (Lipinski definition) is 5. The van der Waals surface area contributed by atoms with Crippen LogP contribution in [-0.2, 0) is 0 Å². The molecule has 8 nitrogen and oxygen atoms in total. The molecule has 152 valence electrons. The number of carboxylic acid groups (broad SMARTS) is 1. The number of pyridine rings is 1. The number of amides is 1. The number of aryl methyl sites for hydroxylation is 1. The first kappa shape index (κ1) is 20.3. The van der Waals surface area contributed by atoms with Crippen LogP contribution in [0.2, 0.25) is 0 Å². The number of aromatic carboxylic acids is 1. The topological polar surface area (TPSA) is 106 Å². The van der Waals surface area contributed by atoms with Gasteiger partial charge in [-0.1, -0.05) is 0 Å². The molecule has 2 aromatic heterocycles. The van der Waals surface area contributed by atoms with Crippen LogP contribution in [0.1, 0.15) is 60.1 Å². The Morgan fingerprint density at radius 3 is 2.52 bits per heavy atom. The Balaban J connectivity index is 1.98. The molecule has 0 fully saturated rings. The van der Waals surface area contributed by atoms with E-state index in [4.69, 9.17) is 4.74 Å². The van der Waals surface area contributed by atoms with Gasteiger partial charge in [0.05, 0.1) is 34.8 Å². The van der Waals surface area contributed by atoms with Crippen LogP contribution in [-0.4, -0.2) is 37.9 Å². The SMILES string of the molecule is Cc1nc2c(cnn2C(C)C)cc1C(=O)Nc1cc(C(=O)O)ccc1OC(C)C. The fraction of sp³-hybridized carbons (Fsp3) is 0.333. The van der Waals surface area contributed by atoms with E-state index in [1.54, 1.807) is 29.9 Å². The predicted molar refractivity (Wildman–Crippen MR) is 110 cm³/mol. The average Bonchev–Trinajstić information content (AvgIpc) is 3.04. The fourth-order valence-electron chi connectivity index (χ4n) is 2.98. The molecule has 29 heavy (non-hydrogen) atoms. The molecule has 0 aliphatic rings. The van der Waals surface area contributed by atoms with E-state index >= 15 is 0 Å². The second kappa shape index (κ2) is 7.90. The van der Waals surface area contributed by atoms with Crippen LogP contribution in [0, 0.1) is 6.92 Å². The van der Waals surface area contributed by atoms with Crippen molar-refractivity contribution in [2.45, 2.75) is 46.8 Å². The number of ether oxygens (including phenoxy) is 1. The second-order valence-electron chi connectivity index (χ2n) is 7.35. The Morgan fingerprint density at radius 1 is 1.17 bits per heavy atom. The van der Waals surface area contributed by atoms with Gasteiger partial charge in [-0.25, -0.2) is 14.5 Å². The van der Waals surface area contributed by atoms with Gasteiger partial charge in [-0.15, -0.1) is 0 Å². The molecule has 2 N–H and O–H groups in total. The van der Waals surface area contributed by atoms with Gasteiger partial charge < -0.3 is 15.2 Å². The summed E-state index contributed by atoms with van der Waals surface area (Å²) in [6.07, 6.45) is 1.54. The van der Waals surface area contributed by atoms with E-state index in [2.05, 4.69) is 15.4 Å². The zero-order valence-electron chi connectivity index (χ0n) is 17.1. The van der Waals surface area contributed by atoms with Gasteiger partial charge in [0.2, 0.25) is 0 Å². The summed E-state index contributed by atoms with van der Waals surface area (Å²) in [7, 11) is 0. The first-order valence-corrected chi connectivity index (χ1v) is 9.37. The number of benzene rings is 1. The summed E-state index contributed by atoms with van der Waals surface area (Å²) in [4.78, 5) is 28.8. The number of carboxylic acids is 1. The monoisotopic (exact) mass is 396 g/mol. The van der Waals surface area contributed by atoms with Crippen LogP contribution in [0.5, 0.6) is 5.75 Å². The van der Waals surface area contributed by atoms with E-state index in [9.17, 15) is 14.7 Å². The molecule has 8 heteroatoms. The molecule has 0 aliphatic heterocycles. The van der Waals surface area contributed by atoms with Gasteiger partial charge in [0.25, 0.3) is 5.91 Å². The van der Waals surface area contributed by atoms with Crippen LogP contribution in [0.15, 0.2) is 30.5 Å². The smallest absolute Gasteiger partial charge is 0.335 e. The third-order valence-electron chi connectivity index (χ3n) is 4.33. The lowest BCUT2D eigenvalue weighted by Gasteiger charge is -2.16. The maximum Gasteiger partial charge on any atom is 0.335 e. The Labute approximate surface area is 168 Å². The zero-order chi connectivity index (χ0) is 21.3. The summed E-state index contributed by atoms with van der Waals surface area (Å²) >= 11 is 0. The van der Waals surface area contributed by atoms with Gasteiger partial charge >= 0.3 is 5.97 Å². The van der Waals surface area contributed by atoms with Crippen LogP contribution >= 0.6 is 0 Å². The first-order chi connectivity index (χ1) is 13.7. The van der Waals surface area contributed by atoms with E-state index in [1.807, 2.05) is 27.7 Å². The van der Waals surface area contributed by atoms with Crippen LogP contribution in [0.3, 0.4) is 0 Å². The minimum atomic E-state index is -1.09. The Bertz CT molecular complexity index is 1090. The average molecular weight is 396 g/mol. The molecule has 3 aromatic rings. The van der Waals surface area contributed by atoms with E-state index in [-0.39, 0.29) is 17.7 Å². The number of rotatable bonds is 6. The number of anilines is 1. The molecule has 0 unspecified atom stereocenters. The molecular weight excluding hydrogens is 372 g/mol. The lowest BCUT2D eigenvalue weighted by atomic mass is 10.1. The minimum absolute atomic E-state index is 0.0555. The molecule has 2 heterocycles. The highest BCUT2D eigenvalue weighted by Gasteiger charge is 2.18. The number of aromatic nitrogens is 3. The van der Waals surface area contributed by atoms with Crippen molar-refractivity contribution in [2.24, 2.45) is 0 Å². The highest BCUT2D eigenvalue weighted by molar-refractivity contribution is 6.07. The molecule has 0 spiro atoms. The van der Waals surface area contributed by atoms with Gasteiger partial charge in [0, 0.05) is 11.4 Å². The molecule has 0 saturated heterocycles. The normalized spacial score (nSPS) is 11.3. The number of nitrogens with one attached hydrogen (secondary N) is 1. The van der Waals surface area contributed by atoms with Crippen molar-refractivity contribution in [3.05, 3.63) is 47.3 Å². The number of nitrogens with zero attached hydrogens (tertiary/aromatic N) is 3. The Kier molecular flexibility index (Phi) is 5.54. The lowest BCUT2D eigenvalue weighted by molar-refractivity contribution is 0.0696. The first-order valence-electron chi connectivity index (χ1n) is 9.37. The van der Waals surface area contributed by atoms with Crippen molar-refractivity contribution >= 4 is 28.6 Å². The van der Waals surface area contributed by atoms with E-state index in [1.165, 1.54) is 12.1 Å². The fourth-order valence-corrected chi connectivity index (χ4v) is 2.98. The molecule has 0 aliphatic carbocycles. The third-order valence-corrected chi connectivity index (χ3v) is 4.33. The molecule has 1 aromatic carbocycles. The maximum absolute atomic E-state index is 13.0. The quantitative estimate of drug-likeness (QED) is 0.651. The molecule has 0 atom stereocenters. The summed E-state index contributed by atoms with van der Waals surface area (Å²) in [5.74, 6) is -1.08. The van der Waals surface area contributed by atoms with Crippen LogP contribution in [0.25, 0.3) is 11.0 Å². The zero-order valence-corrected chi connectivity index (χ0v) is 17.1. The lowest BCUT2D eigenvalue weighted by Crippen LogP contribution is -2.17. The molecule has 1 amide bonds. The van der Waals surface area contributed by atoms with Crippen LogP contribution in [0.4, 0.5) is 5.69 Å². The standard InChI is InChI=1S/C21H24N4O4/c1-11(2)25-19-15(10-22-25)8-16(13(5)23-19)20(26)24-17-9-14(21(27)28)6-7-18(17)29-12(3)4/h6-12H,1-5H3,(H,24,26)(H,27,28). The van der Waals surface area contributed by atoms with Crippen molar-refractivity contribution in [3.63, 3.8) is 0 Å². The molecule has 0 saturated carbocycles. The number of hydrogen-bond donors (Lipinski definition) is 2. The highest BCUT2D eigenvalue weighted by atomic mass is 16.5. The number of carbonyl (C=O) groups is 2. The van der Waals surface area contributed by atoms with Gasteiger partial charge in [-0.05, 0) is 58.9 Å². The minimum Gasteiger partial charge on any atom is -0.489 e. The molecule has 0 bridgehead atoms. The third kappa shape index (κ3) is 4.21. The molecule has 0 radical (unpaired) electrons. The van der Waals surface area contributed by atoms with Gasteiger partial charge in [-0.2, -0.15) is 5.10 Å². The van der Waals surface area contributed by atoms with Crippen molar-refractivity contribution < 1.29 is 19.4 Å². The maximum atomic E-state index is 13.0. The summed E-state index contributed by atoms with van der Waals surface area (Å²) in [6.45, 7) is 9.48. The molecular formula is C21H24N4O4. The van der Waals surface area contributed by atoms with Crippen molar-refractivity contribution in [1.82, 2.24) is 14.8 Å². The largest absolute Gasteiger partial charge is 0.489 e. The summed E-state index contributed by atoms with van der Waals surface area (Å²) in [5, 5.41) is 17.1. The second-order valence-corrected chi connectivity index (χ2v) is 7.35. The number of carbonyl (C=O) groups excluding carboxylic acids is 1. The van der Waals surface area contributed by atoms with Gasteiger partial charge in [0.1, 0.15) is 5.75 Å². The van der Waals surface area contributed by atoms with E-state index in [0.29, 0.717) is 28.3 Å².